The smallest absolute Gasteiger partial charge is 0.148 e. The second-order valence-electron chi connectivity index (χ2n) is 5.07. The number of hydrogen-bond acceptors (Lipinski definition) is 4. The molecule has 0 saturated heterocycles. The molecule has 106 valence electrons. The Hall–Kier alpha value is -1.49. The molecule has 1 aliphatic carbocycles. The quantitative estimate of drug-likeness (QED) is 0.733. The fraction of sp³-hybridized carbons (Fsp3) is 0.571. The Morgan fingerprint density at radius 2 is 2.16 bits per heavy atom. The largest absolute Gasteiger partial charge is 0.495 e. The van der Waals surface area contributed by atoms with Crippen molar-refractivity contribution in [1.82, 2.24) is 0 Å². The van der Waals surface area contributed by atoms with Crippen LogP contribution in [-0.4, -0.2) is 24.9 Å². The van der Waals surface area contributed by atoms with E-state index in [1.54, 1.807) is 6.07 Å². The number of aliphatic hydroxyl groups excluding tert-OH is 1. The van der Waals surface area contributed by atoms with Gasteiger partial charge in [-0.3, -0.25) is 0 Å². The van der Waals surface area contributed by atoms with Gasteiger partial charge >= 0.3 is 0 Å². The fourth-order valence-corrected chi connectivity index (χ4v) is 2.55. The van der Waals surface area contributed by atoms with Gasteiger partial charge in [-0.2, -0.15) is 0 Å². The van der Waals surface area contributed by atoms with Crippen LogP contribution in [0.15, 0.2) is 12.1 Å². The normalized spacial score (nSPS) is 23.1. The first-order valence-corrected chi connectivity index (χ1v) is 6.66. The maximum atomic E-state index is 13.8. The van der Waals surface area contributed by atoms with E-state index in [4.69, 9.17) is 10.5 Å². The summed E-state index contributed by atoms with van der Waals surface area (Å²) in [5, 5.41) is 12.9. The van der Waals surface area contributed by atoms with Crippen LogP contribution >= 0.6 is 0 Å². The molecule has 19 heavy (non-hydrogen) atoms. The number of anilines is 2. The molecule has 0 aromatic heterocycles. The number of hydrogen-bond donors (Lipinski definition) is 3. The molecule has 5 heteroatoms. The van der Waals surface area contributed by atoms with Gasteiger partial charge in [-0.1, -0.05) is 12.8 Å². The molecule has 1 saturated carbocycles. The first-order valence-electron chi connectivity index (χ1n) is 6.66. The Bertz CT molecular complexity index is 440. The van der Waals surface area contributed by atoms with E-state index in [2.05, 4.69) is 5.32 Å². The second-order valence-corrected chi connectivity index (χ2v) is 5.07. The summed E-state index contributed by atoms with van der Waals surface area (Å²) in [6.07, 6.45) is 3.71. The number of nitrogens with two attached hydrogens (primary N) is 1. The molecule has 1 aliphatic rings. The van der Waals surface area contributed by atoms with Crippen molar-refractivity contribution < 1.29 is 14.2 Å². The van der Waals surface area contributed by atoms with E-state index >= 15 is 0 Å². The molecule has 0 spiro atoms. The minimum absolute atomic E-state index is 0.177. The van der Waals surface area contributed by atoms with Gasteiger partial charge in [-0.05, 0) is 12.8 Å². The van der Waals surface area contributed by atoms with Crippen molar-refractivity contribution in [3.8, 4) is 5.75 Å². The highest BCUT2D eigenvalue weighted by molar-refractivity contribution is 5.62. The predicted octanol–water partition coefficient (Wildman–Crippen LogP) is 2.38. The van der Waals surface area contributed by atoms with E-state index in [-0.39, 0.29) is 17.7 Å². The molecule has 0 aliphatic heterocycles. The predicted molar refractivity (Wildman–Crippen MR) is 73.8 cm³/mol. The molecule has 1 aromatic carbocycles. The first kappa shape index (κ1) is 13.9. The molecule has 2 atom stereocenters. The zero-order valence-electron chi connectivity index (χ0n) is 11.2. The van der Waals surface area contributed by atoms with E-state index in [1.807, 2.05) is 0 Å². The van der Waals surface area contributed by atoms with E-state index in [9.17, 15) is 9.50 Å². The van der Waals surface area contributed by atoms with Gasteiger partial charge in [0.25, 0.3) is 0 Å². The Kier molecular flexibility index (Phi) is 4.47. The molecular weight excluding hydrogens is 247 g/mol. The van der Waals surface area contributed by atoms with Crippen LogP contribution in [0.2, 0.25) is 0 Å². The van der Waals surface area contributed by atoms with Gasteiger partial charge in [0.05, 0.1) is 24.6 Å². The molecular formula is C14H21FN2O2. The van der Waals surface area contributed by atoms with Crippen LogP contribution in [0, 0.1) is 11.7 Å². The lowest BCUT2D eigenvalue weighted by molar-refractivity contribution is 0.0763. The highest BCUT2D eigenvalue weighted by Gasteiger charge is 2.23. The molecule has 1 aromatic rings. The molecule has 2 unspecified atom stereocenters. The lowest BCUT2D eigenvalue weighted by Crippen LogP contribution is -2.30. The standard InChI is InChI=1S/C14H21FN2O2/c1-19-14-7-12(10(15)6-11(14)16)17-8-9-4-2-3-5-13(9)18/h6-7,9,13,17-18H,2-5,8,16H2,1H3. The van der Waals surface area contributed by atoms with Crippen molar-refractivity contribution in [3.05, 3.63) is 17.9 Å². The zero-order valence-corrected chi connectivity index (χ0v) is 11.2. The molecule has 4 nitrogen and oxygen atoms in total. The van der Waals surface area contributed by atoms with Crippen LogP contribution < -0.4 is 15.8 Å². The van der Waals surface area contributed by atoms with Gasteiger partial charge in [0.15, 0.2) is 0 Å². The van der Waals surface area contributed by atoms with Crippen LogP contribution in [0.3, 0.4) is 0 Å². The maximum Gasteiger partial charge on any atom is 0.148 e. The summed E-state index contributed by atoms with van der Waals surface area (Å²) in [7, 11) is 1.50. The van der Waals surface area contributed by atoms with E-state index in [0.717, 1.165) is 25.7 Å². The van der Waals surface area contributed by atoms with Crippen molar-refractivity contribution in [1.29, 1.82) is 0 Å². The number of nitrogens with one attached hydrogen (secondary N) is 1. The lowest BCUT2D eigenvalue weighted by Gasteiger charge is -2.28. The Balaban J connectivity index is 2.02. The minimum atomic E-state index is -0.399. The van der Waals surface area contributed by atoms with Crippen molar-refractivity contribution in [3.63, 3.8) is 0 Å². The zero-order chi connectivity index (χ0) is 13.8. The average Bonchev–Trinajstić information content (AvgIpc) is 2.39. The topological polar surface area (TPSA) is 67.5 Å². The van der Waals surface area contributed by atoms with Gasteiger partial charge in [-0.15, -0.1) is 0 Å². The summed E-state index contributed by atoms with van der Waals surface area (Å²) in [5.41, 5.74) is 6.27. The number of halogens is 1. The van der Waals surface area contributed by atoms with Crippen LogP contribution in [-0.2, 0) is 0 Å². The van der Waals surface area contributed by atoms with Crippen molar-refractivity contribution in [2.24, 2.45) is 5.92 Å². The number of benzene rings is 1. The summed E-state index contributed by atoms with van der Waals surface area (Å²) in [4.78, 5) is 0. The summed E-state index contributed by atoms with van der Waals surface area (Å²) >= 11 is 0. The summed E-state index contributed by atoms with van der Waals surface area (Å²) in [6.45, 7) is 0.561. The Labute approximate surface area is 112 Å². The molecule has 0 heterocycles. The fourth-order valence-electron chi connectivity index (χ4n) is 2.55. The molecule has 4 N–H and O–H groups in total. The van der Waals surface area contributed by atoms with Gasteiger partial charge in [0, 0.05) is 24.6 Å². The van der Waals surface area contributed by atoms with Crippen LogP contribution in [0.4, 0.5) is 15.8 Å². The average molecular weight is 268 g/mol. The number of nitrogen functional groups attached to an aromatic ring is 1. The van der Waals surface area contributed by atoms with Crippen molar-refractivity contribution in [2.75, 3.05) is 24.7 Å². The van der Waals surface area contributed by atoms with E-state index in [1.165, 1.54) is 13.2 Å². The van der Waals surface area contributed by atoms with Gasteiger partial charge in [0.2, 0.25) is 0 Å². The first-order chi connectivity index (χ1) is 9.11. The summed E-state index contributed by atoms with van der Waals surface area (Å²) in [5.74, 6) is 0.230. The minimum Gasteiger partial charge on any atom is -0.495 e. The highest BCUT2D eigenvalue weighted by Crippen LogP contribution is 2.29. The van der Waals surface area contributed by atoms with Crippen LogP contribution in [0.5, 0.6) is 5.75 Å². The van der Waals surface area contributed by atoms with Gasteiger partial charge < -0.3 is 20.9 Å². The third-order valence-corrected chi connectivity index (χ3v) is 3.74. The number of ether oxygens (including phenoxy) is 1. The Morgan fingerprint density at radius 1 is 1.42 bits per heavy atom. The second kappa shape index (κ2) is 6.10. The molecule has 0 bridgehead atoms. The maximum absolute atomic E-state index is 13.8. The van der Waals surface area contributed by atoms with Crippen LogP contribution in [0.25, 0.3) is 0 Å². The number of aliphatic hydroxyl groups is 1. The van der Waals surface area contributed by atoms with Crippen molar-refractivity contribution >= 4 is 11.4 Å². The monoisotopic (exact) mass is 268 g/mol. The lowest BCUT2D eigenvalue weighted by atomic mass is 9.86. The van der Waals surface area contributed by atoms with Gasteiger partial charge in [0.1, 0.15) is 11.6 Å². The third kappa shape index (κ3) is 3.29. The molecule has 0 radical (unpaired) electrons. The summed E-state index contributed by atoms with van der Waals surface area (Å²) < 4.78 is 18.8. The number of methoxy groups -OCH3 is 1. The van der Waals surface area contributed by atoms with Crippen LogP contribution in [0.1, 0.15) is 25.7 Å². The van der Waals surface area contributed by atoms with E-state index in [0.29, 0.717) is 18.0 Å². The van der Waals surface area contributed by atoms with Gasteiger partial charge in [-0.25, -0.2) is 4.39 Å². The highest BCUT2D eigenvalue weighted by atomic mass is 19.1. The SMILES string of the molecule is COc1cc(NCC2CCCCC2O)c(F)cc1N. The number of rotatable bonds is 4. The molecule has 2 rings (SSSR count). The van der Waals surface area contributed by atoms with Crippen molar-refractivity contribution in [2.45, 2.75) is 31.8 Å². The third-order valence-electron chi connectivity index (χ3n) is 3.74. The summed E-state index contributed by atoms with van der Waals surface area (Å²) in [6, 6.07) is 2.80. The molecule has 0 amide bonds. The Morgan fingerprint density at radius 3 is 2.84 bits per heavy atom. The van der Waals surface area contributed by atoms with E-state index < -0.39 is 5.82 Å². The molecule has 1 fully saturated rings.